The number of para-hydroxylation sites is 2. The highest BCUT2D eigenvalue weighted by molar-refractivity contribution is 8.14. The molecule has 1 aromatic heterocycles. The first kappa shape index (κ1) is 13.5. The van der Waals surface area contributed by atoms with E-state index in [1.165, 1.54) is 16.5 Å². The number of anilines is 1. The van der Waals surface area contributed by atoms with Crippen LogP contribution >= 0.6 is 11.8 Å². The van der Waals surface area contributed by atoms with Gasteiger partial charge in [-0.25, -0.2) is 0 Å². The average Bonchev–Trinajstić information content (AvgIpc) is 3.17. The number of nitrogens with one attached hydrogen (secondary N) is 2. The van der Waals surface area contributed by atoms with Crippen LogP contribution in [-0.4, -0.2) is 21.9 Å². The summed E-state index contributed by atoms with van der Waals surface area (Å²) < 4.78 is 0. The first-order valence-electron chi connectivity index (χ1n) is 7.46. The van der Waals surface area contributed by atoms with Crippen LogP contribution in [0, 0.1) is 0 Å². The van der Waals surface area contributed by atoms with Gasteiger partial charge in [0, 0.05) is 28.5 Å². The number of aromatic nitrogens is 1. The Bertz CT molecular complexity index is 807. The lowest BCUT2D eigenvalue weighted by molar-refractivity contribution is 0.766. The van der Waals surface area contributed by atoms with E-state index in [4.69, 9.17) is 4.99 Å². The lowest BCUT2D eigenvalue weighted by Gasteiger charge is -2.04. The summed E-state index contributed by atoms with van der Waals surface area (Å²) in [5.74, 6) is 1.04. The van der Waals surface area contributed by atoms with Crippen LogP contribution in [-0.2, 0) is 6.42 Å². The van der Waals surface area contributed by atoms with Gasteiger partial charge in [-0.05, 0) is 30.2 Å². The Hall–Kier alpha value is -2.20. The Labute approximate surface area is 133 Å². The molecule has 4 rings (SSSR count). The lowest BCUT2D eigenvalue weighted by Crippen LogP contribution is -2.08. The molecular weight excluding hydrogens is 290 g/mol. The van der Waals surface area contributed by atoms with Crippen molar-refractivity contribution in [2.45, 2.75) is 12.5 Å². The first-order valence-corrected chi connectivity index (χ1v) is 8.45. The van der Waals surface area contributed by atoms with Crippen molar-refractivity contribution in [2.24, 2.45) is 4.99 Å². The highest BCUT2D eigenvalue weighted by Crippen LogP contribution is 2.25. The van der Waals surface area contributed by atoms with Gasteiger partial charge in [0.1, 0.15) is 0 Å². The number of hydrogen-bond donors (Lipinski definition) is 2. The zero-order chi connectivity index (χ0) is 14.8. The van der Waals surface area contributed by atoms with Crippen molar-refractivity contribution < 1.29 is 0 Å². The Balaban J connectivity index is 1.48. The molecule has 0 fully saturated rings. The third-order valence-electron chi connectivity index (χ3n) is 3.87. The van der Waals surface area contributed by atoms with Gasteiger partial charge in [0.15, 0.2) is 5.17 Å². The summed E-state index contributed by atoms with van der Waals surface area (Å²) in [5, 5.41) is 5.73. The minimum Gasteiger partial charge on any atom is -0.361 e. The second-order valence-electron chi connectivity index (χ2n) is 5.45. The van der Waals surface area contributed by atoms with E-state index < -0.39 is 0 Å². The number of amidine groups is 1. The van der Waals surface area contributed by atoms with E-state index in [0.29, 0.717) is 6.04 Å². The van der Waals surface area contributed by atoms with Gasteiger partial charge in [0.2, 0.25) is 0 Å². The van der Waals surface area contributed by atoms with E-state index in [2.05, 4.69) is 52.9 Å². The van der Waals surface area contributed by atoms with Gasteiger partial charge in [-0.2, -0.15) is 0 Å². The van der Waals surface area contributed by atoms with Crippen LogP contribution in [0.2, 0.25) is 0 Å². The molecule has 1 atom stereocenters. The summed E-state index contributed by atoms with van der Waals surface area (Å²) >= 11 is 1.80. The standard InChI is InChI=1S/C18H17N3S/c1-2-6-14(7-3-1)20-18-21-15(12-22-18)10-13-11-19-17-9-5-4-8-16(13)17/h1-9,11,15,19H,10,12H2,(H,20,21)/t15-/m0/s1. The molecule has 2 N–H and O–H groups in total. The summed E-state index contributed by atoms with van der Waals surface area (Å²) in [6, 6.07) is 19.0. The smallest absolute Gasteiger partial charge is 0.161 e. The number of thioether (sulfide) groups is 1. The largest absolute Gasteiger partial charge is 0.361 e. The van der Waals surface area contributed by atoms with Crippen molar-refractivity contribution in [3.05, 3.63) is 66.4 Å². The SMILES string of the molecule is c1ccc(NC2=N[C@@H](Cc3c[nH]c4ccccc34)CS2)cc1. The normalized spacial score (nSPS) is 17.6. The van der Waals surface area contributed by atoms with E-state index >= 15 is 0 Å². The molecule has 3 nitrogen and oxygen atoms in total. The summed E-state index contributed by atoms with van der Waals surface area (Å²) in [5.41, 5.74) is 3.65. The van der Waals surface area contributed by atoms with Crippen LogP contribution in [0.5, 0.6) is 0 Å². The second kappa shape index (κ2) is 5.89. The highest BCUT2D eigenvalue weighted by Gasteiger charge is 2.20. The zero-order valence-electron chi connectivity index (χ0n) is 12.1. The van der Waals surface area contributed by atoms with E-state index in [0.717, 1.165) is 23.0 Å². The van der Waals surface area contributed by atoms with E-state index in [1.807, 2.05) is 18.2 Å². The molecule has 1 aliphatic heterocycles. The van der Waals surface area contributed by atoms with Gasteiger partial charge in [0.05, 0.1) is 6.04 Å². The van der Waals surface area contributed by atoms with Crippen molar-refractivity contribution in [2.75, 3.05) is 11.1 Å². The van der Waals surface area contributed by atoms with Gasteiger partial charge in [-0.1, -0.05) is 48.2 Å². The zero-order valence-corrected chi connectivity index (χ0v) is 12.9. The molecule has 110 valence electrons. The van der Waals surface area contributed by atoms with Crippen LogP contribution in [0.4, 0.5) is 5.69 Å². The van der Waals surface area contributed by atoms with Crippen LogP contribution in [0.3, 0.4) is 0 Å². The van der Waals surface area contributed by atoms with Crippen LogP contribution in [0.1, 0.15) is 5.56 Å². The number of H-pyrrole nitrogens is 1. The highest BCUT2D eigenvalue weighted by atomic mass is 32.2. The molecule has 3 aromatic rings. The molecule has 4 heteroatoms. The third-order valence-corrected chi connectivity index (χ3v) is 4.90. The number of aromatic amines is 1. The molecule has 0 spiro atoms. The molecule has 2 aromatic carbocycles. The fourth-order valence-corrected chi connectivity index (χ4v) is 3.74. The van der Waals surface area contributed by atoms with Gasteiger partial charge in [0.25, 0.3) is 0 Å². The monoisotopic (exact) mass is 307 g/mol. The molecule has 0 saturated carbocycles. The summed E-state index contributed by atoms with van der Waals surface area (Å²) in [6.07, 6.45) is 3.10. The quantitative estimate of drug-likeness (QED) is 0.757. The fraction of sp³-hybridized carbons (Fsp3) is 0.167. The minimum atomic E-state index is 0.343. The van der Waals surface area contributed by atoms with Gasteiger partial charge in [-0.3, -0.25) is 4.99 Å². The topological polar surface area (TPSA) is 40.2 Å². The number of nitrogens with zero attached hydrogens (tertiary/aromatic N) is 1. The maximum absolute atomic E-state index is 4.82. The minimum absolute atomic E-state index is 0.343. The molecule has 0 aliphatic carbocycles. The second-order valence-corrected chi connectivity index (χ2v) is 6.46. The van der Waals surface area contributed by atoms with Gasteiger partial charge in [-0.15, -0.1) is 0 Å². The van der Waals surface area contributed by atoms with Crippen LogP contribution in [0.25, 0.3) is 10.9 Å². The predicted octanol–water partition coefficient (Wildman–Crippen LogP) is 4.29. The molecule has 0 amide bonds. The van der Waals surface area contributed by atoms with Crippen molar-refractivity contribution in [3.63, 3.8) is 0 Å². The Morgan fingerprint density at radius 1 is 1.09 bits per heavy atom. The van der Waals surface area contributed by atoms with Crippen LogP contribution in [0.15, 0.2) is 65.8 Å². The van der Waals surface area contributed by atoms with Crippen molar-refractivity contribution in [1.82, 2.24) is 4.98 Å². The number of benzene rings is 2. The van der Waals surface area contributed by atoms with E-state index in [1.54, 1.807) is 11.8 Å². The molecule has 0 unspecified atom stereocenters. The number of hydrogen-bond acceptors (Lipinski definition) is 3. The maximum atomic E-state index is 4.82. The Kier molecular flexibility index (Phi) is 3.60. The summed E-state index contributed by atoms with van der Waals surface area (Å²) in [6.45, 7) is 0. The van der Waals surface area contributed by atoms with Gasteiger partial charge < -0.3 is 10.3 Å². The van der Waals surface area contributed by atoms with Crippen molar-refractivity contribution in [1.29, 1.82) is 0 Å². The molecule has 0 radical (unpaired) electrons. The molecule has 22 heavy (non-hydrogen) atoms. The van der Waals surface area contributed by atoms with Crippen molar-refractivity contribution in [3.8, 4) is 0 Å². The third kappa shape index (κ3) is 2.74. The molecule has 0 saturated heterocycles. The predicted molar refractivity (Wildman–Crippen MR) is 95.7 cm³/mol. The lowest BCUT2D eigenvalue weighted by atomic mass is 10.1. The van der Waals surface area contributed by atoms with Gasteiger partial charge >= 0.3 is 0 Å². The van der Waals surface area contributed by atoms with Crippen LogP contribution < -0.4 is 5.32 Å². The number of aliphatic imine (C=N–C) groups is 1. The Morgan fingerprint density at radius 3 is 2.82 bits per heavy atom. The maximum Gasteiger partial charge on any atom is 0.161 e. The summed E-state index contributed by atoms with van der Waals surface area (Å²) in [4.78, 5) is 8.16. The number of rotatable bonds is 3. The molecular formula is C18H17N3S. The first-order chi connectivity index (χ1) is 10.9. The molecule has 2 heterocycles. The van der Waals surface area contributed by atoms with Crippen molar-refractivity contribution >= 4 is 33.5 Å². The Morgan fingerprint density at radius 2 is 1.91 bits per heavy atom. The molecule has 0 bridgehead atoms. The molecule has 1 aliphatic rings. The van der Waals surface area contributed by atoms with E-state index in [-0.39, 0.29) is 0 Å². The van der Waals surface area contributed by atoms with E-state index in [9.17, 15) is 0 Å². The number of fused-ring (bicyclic) bond motifs is 1. The average molecular weight is 307 g/mol. The summed E-state index contributed by atoms with van der Waals surface area (Å²) in [7, 11) is 0. The fourth-order valence-electron chi connectivity index (χ4n) is 2.79.